The Hall–Kier alpha value is -3.15. The van der Waals surface area contributed by atoms with Crippen LogP contribution in [-0.4, -0.2) is 26.9 Å². The van der Waals surface area contributed by atoms with E-state index in [1.807, 2.05) is 25.1 Å². The molecule has 1 amide bonds. The molecule has 0 spiro atoms. The average Bonchev–Trinajstić information content (AvgIpc) is 2.84. The predicted octanol–water partition coefficient (Wildman–Crippen LogP) is 6.94. The van der Waals surface area contributed by atoms with Crippen molar-refractivity contribution in [1.82, 2.24) is 14.5 Å². The highest BCUT2D eigenvalue weighted by Gasteiger charge is 2.31. The van der Waals surface area contributed by atoms with Crippen molar-refractivity contribution in [3.63, 3.8) is 0 Å². The molecule has 1 atom stereocenters. The maximum absolute atomic E-state index is 13.8. The van der Waals surface area contributed by atoms with Crippen molar-refractivity contribution in [3.8, 4) is 5.69 Å². The highest BCUT2D eigenvalue weighted by atomic mass is 35.5. The molecule has 7 heteroatoms. The van der Waals surface area contributed by atoms with Gasteiger partial charge in [-0.25, -0.2) is 4.98 Å². The van der Waals surface area contributed by atoms with Crippen molar-refractivity contribution in [2.45, 2.75) is 33.2 Å². The standard InChI is InChI=1S/C28H27Cl2N3O2/c1-4-25(32(17-18(2)3)27(34)21-9-5-7-11-23(21)30)26-31-24-12-8-6-10-22(24)28(35)33(26)20-15-13-19(29)14-16-20/h5-16,18,25H,4,17H2,1-3H3. The zero-order valence-electron chi connectivity index (χ0n) is 19.9. The van der Waals surface area contributed by atoms with E-state index in [-0.39, 0.29) is 17.4 Å². The second-order valence-electron chi connectivity index (χ2n) is 8.86. The van der Waals surface area contributed by atoms with E-state index < -0.39 is 6.04 Å². The lowest BCUT2D eigenvalue weighted by atomic mass is 10.1. The third-order valence-corrected chi connectivity index (χ3v) is 6.46. The molecule has 1 unspecified atom stereocenters. The van der Waals surface area contributed by atoms with Gasteiger partial charge in [-0.3, -0.25) is 14.2 Å². The predicted molar refractivity (Wildman–Crippen MR) is 143 cm³/mol. The summed E-state index contributed by atoms with van der Waals surface area (Å²) < 4.78 is 1.60. The van der Waals surface area contributed by atoms with E-state index in [0.29, 0.717) is 51.0 Å². The summed E-state index contributed by atoms with van der Waals surface area (Å²) in [4.78, 5) is 34.3. The minimum Gasteiger partial charge on any atom is -0.328 e. The number of benzene rings is 3. The Balaban J connectivity index is 1.97. The van der Waals surface area contributed by atoms with E-state index in [4.69, 9.17) is 28.2 Å². The molecule has 0 N–H and O–H groups in total. The Kier molecular flexibility index (Phi) is 7.58. The number of amides is 1. The van der Waals surface area contributed by atoms with Gasteiger partial charge in [0.2, 0.25) is 0 Å². The minimum atomic E-state index is -0.464. The molecule has 0 radical (unpaired) electrons. The van der Waals surface area contributed by atoms with Gasteiger partial charge < -0.3 is 4.90 Å². The van der Waals surface area contributed by atoms with E-state index in [9.17, 15) is 9.59 Å². The monoisotopic (exact) mass is 507 g/mol. The van der Waals surface area contributed by atoms with E-state index in [2.05, 4.69) is 13.8 Å². The topological polar surface area (TPSA) is 55.2 Å². The molecule has 0 aliphatic carbocycles. The third-order valence-electron chi connectivity index (χ3n) is 5.87. The van der Waals surface area contributed by atoms with Gasteiger partial charge in [-0.15, -0.1) is 0 Å². The van der Waals surface area contributed by atoms with Crippen molar-refractivity contribution < 1.29 is 4.79 Å². The minimum absolute atomic E-state index is 0.187. The molecular weight excluding hydrogens is 481 g/mol. The van der Waals surface area contributed by atoms with Crippen LogP contribution in [-0.2, 0) is 0 Å². The molecule has 0 fully saturated rings. The van der Waals surface area contributed by atoms with Gasteiger partial charge in [0.05, 0.1) is 33.2 Å². The Labute approximate surface area is 214 Å². The third kappa shape index (κ3) is 5.12. The van der Waals surface area contributed by atoms with E-state index >= 15 is 0 Å². The maximum Gasteiger partial charge on any atom is 0.266 e. The number of aromatic nitrogens is 2. The number of carbonyl (C=O) groups is 1. The SMILES string of the molecule is CCC(c1nc2ccccc2c(=O)n1-c1ccc(Cl)cc1)N(CC(C)C)C(=O)c1ccccc1Cl. The lowest BCUT2D eigenvalue weighted by Gasteiger charge is -2.34. The first-order chi connectivity index (χ1) is 16.8. The van der Waals surface area contributed by atoms with Gasteiger partial charge in [-0.1, -0.05) is 68.2 Å². The Morgan fingerprint density at radius 1 is 0.971 bits per heavy atom. The first kappa shape index (κ1) is 25.0. The largest absolute Gasteiger partial charge is 0.328 e. The van der Waals surface area contributed by atoms with Crippen LogP contribution in [0.3, 0.4) is 0 Å². The molecule has 1 aromatic heterocycles. The molecule has 5 nitrogen and oxygen atoms in total. The van der Waals surface area contributed by atoms with E-state index in [1.165, 1.54) is 0 Å². The van der Waals surface area contributed by atoms with Crippen LogP contribution in [0.5, 0.6) is 0 Å². The van der Waals surface area contributed by atoms with Crippen LogP contribution in [0.1, 0.15) is 49.4 Å². The van der Waals surface area contributed by atoms with Gasteiger partial charge in [-0.2, -0.15) is 0 Å². The second-order valence-corrected chi connectivity index (χ2v) is 9.70. The summed E-state index contributed by atoms with van der Waals surface area (Å²) in [5.74, 6) is 0.493. The average molecular weight is 508 g/mol. The summed E-state index contributed by atoms with van der Waals surface area (Å²) >= 11 is 12.5. The molecule has 35 heavy (non-hydrogen) atoms. The summed E-state index contributed by atoms with van der Waals surface area (Å²) in [5, 5.41) is 1.47. The molecule has 0 bridgehead atoms. The first-order valence-corrected chi connectivity index (χ1v) is 12.4. The zero-order chi connectivity index (χ0) is 25.1. The lowest BCUT2D eigenvalue weighted by molar-refractivity contribution is 0.0631. The van der Waals surface area contributed by atoms with Gasteiger partial charge in [0, 0.05) is 11.6 Å². The molecule has 1 heterocycles. The van der Waals surface area contributed by atoms with Crippen molar-refractivity contribution in [1.29, 1.82) is 0 Å². The molecule has 4 rings (SSSR count). The number of nitrogens with zero attached hydrogens (tertiary/aromatic N) is 3. The Bertz CT molecular complexity index is 1410. The highest BCUT2D eigenvalue weighted by Crippen LogP contribution is 2.30. The smallest absolute Gasteiger partial charge is 0.266 e. The number of carbonyl (C=O) groups excluding carboxylic acids is 1. The van der Waals surface area contributed by atoms with Gasteiger partial charge in [0.15, 0.2) is 0 Å². The summed E-state index contributed by atoms with van der Waals surface area (Å²) in [6.45, 7) is 6.58. The Morgan fingerprint density at radius 3 is 2.29 bits per heavy atom. The lowest BCUT2D eigenvalue weighted by Crippen LogP contribution is -2.40. The van der Waals surface area contributed by atoms with Crippen LogP contribution >= 0.6 is 23.2 Å². The van der Waals surface area contributed by atoms with Gasteiger partial charge >= 0.3 is 0 Å². The van der Waals surface area contributed by atoms with Crippen molar-refractivity contribution >= 4 is 40.0 Å². The molecule has 180 valence electrons. The zero-order valence-corrected chi connectivity index (χ0v) is 21.4. The number of fused-ring (bicyclic) bond motifs is 1. The van der Waals surface area contributed by atoms with Crippen molar-refractivity contribution in [3.05, 3.63) is 105 Å². The molecule has 0 saturated carbocycles. The summed E-state index contributed by atoms with van der Waals surface area (Å²) in [5.41, 5.74) is 1.46. The number of hydrogen-bond acceptors (Lipinski definition) is 3. The summed E-state index contributed by atoms with van der Waals surface area (Å²) in [7, 11) is 0. The highest BCUT2D eigenvalue weighted by molar-refractivity contribution is 6.33. The molecule has 3 aromatic carbocycles. The molecule has 0 aliphatic heterocycles. The van der Waals surface area contributed by atoms with Gasteiger partial charge in [0.1, 0.15) is 5.82 Å². The van der Waals surface area contributed by atoms with Crippen LogP contribution in [0.15, 0.2) is 77.6 Å². The normalized spacial score (nSPS) is 12.2. The van der Waals surface area contributed by atoms with E-state index in [1.54, 1.807) is 64.1 Å². The summed E-state index contributed by atoms with van der Waals surface area (Å²) in [6, 6.07) is 20.9. The van der Waals surface area contributed by atoms with Crippen LogP contribution in [0.4, 0.5) is 0 Å². The second kappa shape index (κ2) is 10.6. The number of halogens is 2. The van der Waals surface area contributed by atoms with Gasteiger partial charge in [0.25, 0.3) is 11.5 Å². The van der Waals surface area contributed by atoms with Crippen molar-refractivity contribution in [2.24, 2.45) is 5.92 Å². The molecule has 0 saturated heterocycles. The fraction of sp³-hybridized carbons (Fsp3) is 0.250. The van der Waals surface area contributed by atoms with Crippen molar-refractivity contribution in [2.75, 3.05) is 6.54 Å². The van der Waals surface area contributed by atoms with E-state index in [0.717, 1.165) is 0 Å². The van der Waals surface area contributed by atoms with Crippen LogP contribution in [0.2, 0.25) is 10.0 Å². The number of hydrogen-bond donors (Lipinski definition) is 0. The van der Waals surface area contributed by atoms with Crippen LogP contribution < -0.4 is 5.56 Å². The quantitative estimate of drug-likeness (QED) is 0.272. The fourth-order valence-electron chi connectivity index (χ4n) is 4.29. The van der Waals surface area contributed by atoms with Gasteiger partial charge in [-0.05, 0) is 60.9 Å². The van der Waals surface area contributed by atoms with Crippen LogP contribution in [0, 0.1) is 5.92 Å². The maximum atomic E-state index is 13.8. The number of para-hydroxylation sites is 1. The molecule has 4 aromatic rings. The summed E-state index contributed by atoms with van der Waals surface area (Å²) in [6.07, 6.45) is 0.557. The molecule has 0 aliphatic rings. The molecular formula is C28H27Cl2N3O2. The Morgan fingerprint density at radius 2 is 1.63 bits per heavy atom. The fourth-order valence-corrected chi connectivity index (χ4v) is 4.63. The van der Waals surface area contributed by atoms with Crippen LogP contribution in [0.25, 0.3) is 16.6 Å². The number of rotatable bonds is 7. The first-order valence-electron chi connectivity index (χ1n) is 11.6.